The average molecular weight is 312 g/mol. The fraction of sp³-hybridized carbons (Fsp3) is 0.211. The summed E-state index contributed by atoms with van der Waals surface area (Å²) in [6, 6.07) is 12.7. The fourth-order valence-corrected chi connectivity index (χ4v) is 2.23. The second-order valence-corrected chi connectivity index (χ2v) is 5.00. The lowest BCUT2D eigenvalue weighted by atomic mass is 9.91. The molecule has 118 valence electrons. The maximum atomic E-state index is 12.9. The summed E-state index contributed by atoms with van der Waals surface area (Å²) in [5.41, 5.74) is -0.385. The van der Waals surface area contributed by atoms with Crippen LogP contribution in [0.2, 0.25) is 0 Å². The Kier molecular flexibility index (Phi) is 5.02. The minimum Gasteiger partial charge on any atom is -0.457 e. The molecule has 1 atom stereocenters. The number of hydrogen-bond acceptors (Lipinski definition) is 3. The summed E-state index contributed by atoms with van der Waals surface area (Å²) in [5.74, 6) is 2.91. The summed E-state index contributed by atoms with van der Waals surface area (Å²) in [6.07, 6.45) is 6.04. The van der Waals surface area contributed by atoms with Crippen molar-refractivity contribution < 1.29 is 18.7 Å². The third-order valence-corrected chi connectivity index (χ3v) is 3.42. The first-order valence-corrected chi connectivity index (χ1v) is 7.20. The molecule has 23 heavy (non-hydrogen) atoms. The first-order chi connectivity index (χ1) is 11.0. The van der Waals surface area contributed by atoms with Crippen molar-refractivity contribution in [3.8, 4) is 23.8 Å². The van der Waals surface area contributed by atoms with Gasteiger partial charge in [-0.25, -0.2) is 4.39 Å². The molecule has 2 aromatic carbocycles. The van der Waals surface area contributed by atoms with Crippen LogP contribution in [0, 0.1) is 18.2 Å². The highest BCUT2D eigenvalue weighted by molar-refractivity contribution is 5.67. The predicted molar refractivity (Wildman–Crippen MR) is 85.5 cm³/mol. The highest BCUT2D eigenvalue weighted by Crippen LogP contribution is 2.31. The molecule has 2 aromatic rings. The van der Waals surface area contributed by atoms with Gasteiger partial charge >= 0.3 is 5.97 Å². The second kappa shape index (κ2) is 6.97. The van der Waals surface area contributed by atoms with Crippen molar-refractivity contribution in [2.45, 2.75) is 25.9 Å². The number of carbonyl (C=O) groups is 1. The SMILES string of the molecule is C#CC(CC)(OC(C)=O)c1ccc(Oc2ccc(F)cc2)cc1. The Morgan fingerprint density at radius 3 is 2.09 bits per heavy atom. The van der Waals surface area contributed by atoms with Crippen LogP contribution < -0.4 is 4.74 Å². The molecule has 4 heteroatoms. The highest BCUT2D eigenvalue weighted by Gasteiger charge is 2.31. The number of rotatable bonds is 5. The minimum atomic E-state index is -1.08. The second-order valence-electron chi connectivity index (χ2n) is 5.00. The number of ether oxygens (including phenoxy) is 2. The van der Waals surface area contributed by atoms with Crippen LogP contribution >= 0.6 is 0 Å². The summed E-state index contributed by atoms with van der Waals surface area (Å²) >= 11 is 0. The van der Waals surface area contributed by atoms with Gasteiger partial charge in [-0.05, 0) is 36.4 Å². The van der Waals surface area contributed by atoms with Gasteiger partial charge < -0.3 is 9.47 Å². The fourth-order valence-electron chi connectivity index (χ4n) is 2.23. The van der Waals surface area contributed by atoms with E-state index in [1.165, 1.54) is 19.1 Å². The third-order valence-electron chi connectivity index (χ3n) is 3.42. The van der Waals surface area contributed by atoms with E-state index in [0.717, 1.165) is 0 Å². The highest BCUT2D eigenvalue weighted by atomic mass is 19.1. The van der Waals surface area contributed by atoms with Gasteiger partial charge in [0.05, 0.1) is 0 Å². The largest absolute Gasteiger partial charge is 0.457 e. The molecular formula is C19H17FO3. The van der Waals surface area contributed by atoms with Gasteiger partial charge in [0.1, 0.15) is 17.3 Å². The molecular weight excluding hydrogens is 295 g/mol. The van der Waals surface area contributed by atoms with E-state index in [1.807, 2.05) is 6.92 Å². The molecule has 0 N–H and O–H groups in total. The van der Waals surface area contributed by atoms with Gasteiger partial charge in [0, 0.05) is 18.9 Å². The smallest absolute Gasteiger partial charge is 0.304 e. The van der Waals surface area contributed by atoms with Gasteiger partial charge in [-0.1, -0.05) is 25.0 Å². The van der Waals surface area contributed by atoms with Crippen LogP contribution in [0.1, 0.15) is 25.8 Å². The Morgan fingerprint density at radius 2 is 1.65 bits per heavy atom. The summed E-state index contributed by atoms with van der Waals surface area (Å²) < 4.78 is 23.8. The molecule has 3 nitrogen and oxygen atoms in total. The number of hydrogen-bond donors (Lipinski definition) is 0. The minimum absolute atomic E-state index is 0.323. The normalized spacial score (nSPS) is 12.8. The summed E-state index contributed by atoms with van der Waals surface area (Å²) in [5, 5.41) is 0. The number of carbonyl (C=O) groups excluding carboxylic acids is 1. The molecule has 0 saturated carbocycles. The molecule has 0 aliphatic rings. The molecule has 0 spiro atoms. The maximum Gasteiger partial charge on any atom is 0.304 e. The number of halogens is 1. The number of benzene rings is 2. The van der Waals surface area contributed by atoms with E-state index in [2.05, 4.69) is 5.92 Å². The Labute approximate surface area is 135 Å². The van der Waals surface area contributed by atoms with Gasteiger partial charge in [-0.3, -0.25) is 4.79 Å². The van der Waals surface area contributed by atoms with Gasteiger partial charge in [-0.2, -0.15) is 0 Å². The van der Waals surface area contributed by atoms with E-state index < -0.39 is 11.6 Å². The Hall–Kier alpha value is -2.80. The molecule has 0 aliphatic heterocycles. The van der Waals surface area contributed by atoms with Crippen LogP contribution in [-0.2, 0) is 15.1 Å². The lowest BCUT2D eigenvalue weighted by molar-refractivity contribution is -0.152. The topological polar surface area (TPSA) is 35.5 Å². The molecule has 0 saturated heterocycles. The third kappa shape index (κ3) is 3.89. The Bertz CT molecular complexity index is 714. The van der Waals surface area contributed by atoms with Crippen molar-refractivity contribution in [3.63, 3.8) is 0 Å². The first kappa shape index (κ1) is 16.6. The lowest BCUT2D eigenvalue weighted by Gasteiger charge is -2.27. The predicted octanol–water partition coefficient (Wildman–Crippen LogP) is 4.42. The Morgan fingerprint density at radius 1 is 1.13 bits per heavy atom. The standard InChI is InChI=1S/C19H17FO3/c1-4-19(5-2,23-14(3)21)15-6-10-17(11-7-15)22-18-12-8-16(20)9-13-18/h1,6-13H,5H2,2-3H3. The zero-order valence-electron chi connectivity index (χ0n) is 13.0. The Balaban J connectivity index is 2.22. The number of esters is 1. The van der Waals surface area contributed by atoms with Crippen LogP contribution in [0.4, 0.5) is 4.39 Å². The van der Waals surface area contributed by atoms with Crippen molar-refractivity contribution >= 4 is 5.97 Å². The van der Waals surface area contributed by atoms with E-state index in [9.17, 15) is 9.18 Å². The van der Waals surface area contributed by atoms with Crippen LogP contribution in [-0.4, -0.2) is 5.97 Å². The molecule has 0 aliphatic carbocycles. The molecule has 0 aromatic heterocycles. The van der Waals surface area contributed by atoms with E-state index >= 15 is 0 Å². The summed E-state index contributed by atoms with van der Waals surface area (Å²) in [7, 11) is 0. The van der Waals surface area contributed by atoms with Crippen molar-refractivity contribution in [3.05, 3.63) is 59.9 Å². The van der Waals surface area contributed by atoms with E-state index in [0.29, 0.717) is 23.5 Å². The van der Waals surface area contributed by atoms with E-state index in [1.54, 1.807) is 36.4 Å². The molecule has 0 bridgehead atoms. The molecule has 0 amide bonds. The van der Waals surface area contributed by atoms with E-state index in [4.69, 9.17) is 15.9 Å². The van der Waals surface area contributed by atoms with Crippen molar-refractivity contribution in [1.29, 1.82) is 0 Å². The van der Waals surface area contributed by atoms with Gasteiger partial charge in [0.15, 0.2) is 5.60 Å². The molecule has 2 rings (SSSR count). The van der Waals surface area contributed by atoms with Crippen LogP contribution in [0.25, 0.3) is 0 Å². The van der Waals surface area contributed by atoms with Crippen molar-refractivity contribution in [2.75, 3.05) is 0 Å². The van der Waals surface area contributed by atoms with Gasteiger partial charge in [0.25, 0.3) is 0 Å². The molecule has 0 heterocycles. The van der Waals surface area contributed by atoms with Crippen molar-refractivity contribution in [2.24, 2.45) is 0 Å². The van der Waals surface area contributed by atoms with Crippen LogP contribution in [0.15, 0.2) is 48.5 Å². The zero-order chi connectivity index (χ0) is 16.9. The monoisotopic (exact) mass is 312 g/mol. The van der Waals surface area contributed by atoms with Crippen molar-refractivity contribution in [1.82, 2.24) is 0 Å². The van der Waals surface area contributed by atoms with Gasteiger partial charge in [0.2, 0.25) is 0 Å². The summed E-state index contributed by atoms with van der Waals surface area (Å²) in [6.45, 7) is 3.18. The van der Waals surface area contributed by atoms with E-state index in [-0.39, 0.29) is 5.82 Å². The molecule has 0 fully saturated rings. The van der Waals surface area contributed by atoms with Crippen LogP contribution in [0.3, 0.4) is 0 Å². The zero-order valence-corrected chi connectivity index (χ0v) is 13.0. The van der Waals surface area contributed by atoms with Gasteiger partial charge in [-0.15, -0.1) is 6.42 Å². The summed E-state index contributed by atoms with van der Waals surface area (Å²) in [4.78, 5) is 11.3. The molecule has 1 unspecified atom stereocenters. The molecule has 0 radical (unpaired) electrons. The number of terminal acetylenes is 1. The first-order valence-electron chi connectivity index (χ1n) is 7.20. The lowest BCUT2D eigenvalue weighted by Crippen LogP contribution is -2.29. The quantitative estimate of drug-likeness (QED) is 0.605. The maximum absolute atomic E-state index is 12.9. The average Bonchev–Trinajstić information content (AvgIpc) is 2.55. The van der Waals surface area contributed by atoms with Crippen LogP contribution in [0.5, 0.6) is 11.5 Å².